The predicted octanol–water partition coefficient (Wildman–Crippen LogP) is 2.28. The number of benzene rings is 1. The summed E-state index contributed by atoms with van der Waals surface area (Å²) in [5.41, 5.74) is 7.36. The van der Waals surface area contributed by atoms with Gasteiger partial charge in [-0.3, -0.25) is 0 Å². The molecule has 0 bridgehead atoms. The van der Waals surface area contributed by atoms with Gasteiger partial charge in [0.1, 0.15) is 5.82 Å². The highest BCUT2D eigenvalue weighted by Crippen LogP contribution is 2.25. The first-order chi connectivity index (χ1) is 7.79. The summed E-state index contributed by atoms with van der Waals surface area (Å²) >= 11 is 0. The van der Waals surface area contributed by atoms with E-state index in [1.807, 2.05) is 18.2 Å². The lowest BCUT2D eigenvalue weighted by molar-refractivity contribution is 0.565. The summed E-state index contributed by atoms with van der Waals surface area (Å²) in [4.78, 5) is 8.38. The second kappa shape index (κ2) is 4.86. The number of hydrogen-bond donors (Lipinski definition) is 1. The summed E-state index contributed by atoms with van der Waals surface area (Å²) in [5.74, 6) is 0.905. The summed E-state index contributed by atoms with van der Waals surface area (Å²) in [7, 11) is 0. The van der Waals surface area contributed by atoms with Crippen LogP contribution in [0.2, 0.25) is 0 Å². The van der Waals surface area contributed by atoms with E-state index in [9.17, 15) is 0 Å². The lowest BCUT2D eigenvalue weighted by Gasteiger charge is -2.18. The van der Waals surface area contributed by atoms with Gasteiger partial charge in [-0.05, 0) is 11.6 Å². The largest absolute Gasteiger partial charge is 0.321 e. The normalized spacial score (nSPS) is 14.4. The molecule has 0 saturated carbocycles. The fourth-order valence-electron chi connectivity index (χ4n) is 1.67. The first-order valence-corrected chi connectivity index (χ1v) is 5.36. The zero-order valence-electron chi connectivity index (χ0n) is 9.25. The van der Waals surface area contributed by atoms with Gasteiger partial charge >= 0.3 is 0 Å². The average molecular weight is 213 g/mol. The minimum Gasteiger partial charge on any atom is -0.321 e. The zero-order valence-corrected chi connectivity index (χ0v) is 9.25. The van der Waals surface area contributed by atoms with Gasteiger partial charge < -0.3 is 5.73 Å². The van der Waals surface area contributed by atoms with Crippen molar-refractivity contribution in [2.24, 2.45) is 5.73 Å². The molecular formula is C13H15N3. The highest BCUT2D eigenvalue weighted by Gasteiger charge is 2.18. The van der Waals surface area contributed by atoms with Gasteiger partial charge in [0, 0.05) is 18.3 Å². The van der Waals surface area contributed by atoms with Crippen LogP contribution in [-0.2, 0) is 0 Å². The average Bonchev–Trinajstić information content (AvgIpc) is 2.39. The third-order valence-corrected chi connectivity index (χ3v) is 2.75. The Morgan fingerprint density at radius 2 is 1.62 bits per heavy atom. The Morgan fingerprint density at radius 1 is 1.00 bits per heavy atom. The van der Waals surface area contributed by atoms with Crippen molar-refractivity contribution in [2.45, 2.75) is 18.9 Å². The molecule has 2 atom stereocenters. The van der Waals surface area contributed by atoms with Gasteiger partial charge in [-0.2, -0.15) is 0 Å². The summed E-state index contributed by atoms with van der Waals surface area (Å²) < 4.78 is 0. The van der Waals surface area contributed by atoms with E-state index < -0.39 is 0 Å². The van der Waals surface area contributed by atoms with Crippen LogP contribution in [0.4, 0.5) is 0 Å². The quantitative estimate of drug-likeness (QED) is 0.851. The monoisotopic (exact) mass is 213 g/mol. The number of nitrogens with two attached hydrogens (primary N) is 1. The molecule has 0 aliphatic rings. The molecule has 3 nitrogen and oxygen atoms in total. The van der Waals surface area contributed by atoms with E-state index in [0.29, 0.717) is 5.82 Å². The van der Waals surface area contributed by atoms with Gasteiger partial charge in [-0.1, -0.05) is 37.3 Å². The third kappa shape index (κ3) is 2.25. The van der Waals surface area contributed by atoms with Gasteiger partial charge in [-0.25, -0.2) is 9.97 Å². The van der Waals surface area contributed by atoms with Gasteiger partial charge in [0.05, 0.1) is 6.04 Å². The summed E-state index contributed by atoms with van der Waals surface area (Å²) in [6, 6.07) is 11.8. The van der Waals surface area contributed by atoms with Crippen molar-refractivity contribution >= 4 is 0 Å². The maximum Gasteiger partial charge on any atom is 0.145 e. The Bertz CT molecular complexity index is 384. The Hall–Kier alpha value is -1.74. The molecule has 3 heteroatoms. The van der Waals surface area contributed by atoms with Gasteiger partial charge in [0.2, 0.25) is 0 Å². The van der Waals surface area contributed by atoms with Gasteiger partial charge in [0.15, 0.2) is 0 Å². The van der Waals surface area contributed by atoms with Gasteiger partial charge in [-0.15, -0.1) is 0 Å². The molecule has 0 amide bonds. The number of nitrogens with zero attached hydrogens (tertiary/aromatic N) is 2. The maximum absolute atomic E-state index is 6.15. The van der Waals surface area contributed by atoms with E-state index in [1.165, 1.54) is 5.56 Å². The van der Waals surface area contributed by atoms with E-state index in [1.54, 1.807) is 18.5 Å². The molecule has 82 valence electrons. The van der Waals surface area contributed by atoms with Crippen LogP contribution in [0.1, 0.15) is 30.3 Å². The molecule has 2 aromatic rings. The van der Waals surface area contributed by atoms with Crippen molar-refractivity contribution in [3.8, 4) is 0 Å². The summed E-state index contributed by atoms with van der Waals surface area (Å²) in [5, 5.41) is 0. The van der Waals surface area contributed by atoms with Crippen LogP contribution in [0.5, 0.6) is 0 Å². The molecule has 0 radical (unpaired) electrons. The molecule has 1 aromatic heterocycles. The van der Waals surface area contributed by atoms with Crippen molar-refractivity contribution in [1.29, 1.82) is 0 Å². The zero-order chi connectivity index (χ0) is 11.4. The van der Waals surface area contributed by atoms with E-state index >= 15 is 0 Å². The van der Waals surface area contributed by atoms with E-state index in [2.05, 4.69) is 29.0 Å². The van der Waals surface area contributed by atoms with E-state index in [-0.39, 0.29) is 12.0 Å². The lowest BCUT2D eigenvalue weighted by atomic mass is 9.93. The van der Waals surface area contributed by atoms with Crippen LogP contribution < -0.4 is 5.73 Å². The first kappa shape index (κ1) is 10.8. The highest BCUT2D eigenvalue weighted by molar-refractivity contribution is 5.21. The molecule has 0 aliphatic heterocycles. The molecule has 0 spiro atoms. The number of hydrogen-bond acceptors (Lipinski definition) is 3. The first-order valence-electron chi connectivity index (χ1n) is 5.36. The minimum atomic E-state index is -0.163. The second-order valence-corrected chi connectivity index (χ2v) is 3.83. The second-order valence-electron chi connectivity index (χ2n) is 3.83. The van der Waals surface area contributed by atoms with Crippen LogP contribution >= 0.6 is 0 Å². The Morgan fingerprint density at radius 3 is 2.25 bits per heavy atom. The van der Waals surface area contributed by atoms with Crippen molar-refractivity contribution < 1.29 is 0 Å². The fraction of sp³-hybridized carbons (Fsp3) is 0.231. The van der Waals surface area contributed by atoms with Crippen LogP contribution in [0.3, 0.4) is 0 Å². The minimum absolute atomic E-state index is 0.163. The molecule has 0 fully saturated rings. The molecule has 2 unspecified atom stereocenters. The summed E-state index contributed by atoms with van der Waals surface area (Å²) in [6.45, 7) is 2.09. The van der Waals surface area contributed by atoms with Crippen LogP contribution in [-0.4, -0.2) is 9.97 Å². The smallest absolute Gasteiger partial charge is 0.145 e. The molecule has 2 N–H and O–H groups in total. The van der Waals surface area contributed by atoms with E-state index in [0.717, 1.165) is 0 Å². The van der Waals surface area contributed by atoms with E-state index in [4.69, 9.17) is 5.73 Å². The molecule has 2 rings (SSSR count). The highest BCUT2D eigenvalue weighted by atomic mass is 14.9. The fourth-order valence-corrected chi connectivity index (χ4v) is 1.67. The van der Waals surface area contributed by atoms with Crippen molar-refractivity contribution in [3.05, 3.63) is 60.2 Å². The molecular weight excluding hydrogens is 198 g/mol. The Kier molecular flexibility index (Phi) is 3.27. The van der Waals surface area contributed by atoms with Crippen molar-refractivity contribution in [3.63, 3.8) is 0 Å². The Labute approximate surface area is 95.4 Å². The molecule has 0 aliphatic carbocycles. The molecule has 0 saturated heterocycles. The third-order valence-electron chi connectivity index (χ3n) is 2.75. The van der Waals surface area contributed by atoms with Gasteiger partial charge in [0.25, 0.3) is 0 Å². The number of rotatable bonds is 3. The topological polar surface area (TPSA) is 51.8 Å². The van der Waals surface area contributed by atoms with Crippen molar-refractivity contribution in [2.75, 3.05) is 0 Å². The lowest BCUT2D eigenvalue weighted by Crippen LogP contribution is -2.20. The van der Waals surface area contributed by atoms with Crippen LogP contribution in [0.15, 0.2) is 48.8 Å². The predicted molar refractivity (Wildman–Crippen MR) is 63.8 cm³/mol. The SMILES string of the molecule is CC(c1ccccc1)C(N)c1ncccn1. The van der Waals surface area contributed by atoms with Crippen LogP contribution in [0.25, 0.3) is 0 Å². The molecule has 1 aromatic carbocycles. The summed E-state index contributed by atoms with van der Waals surface area (Å²) in [6.07, 6.45) is 3.44. The Balaban J connectivity index is 2.20. The molecule has 16 heavy (non-hydrogen) atoms. The number of aromatic nitrogens is 2. The van der Waals surface area contributed by atoms with Crippen molar-refractivity contribution in [1.82, 2.24) is 9.97 Å². The van der Waals surface area contributed by atoms with Crippen LogP contribution in [0, 0.1) is 0 Å². The maximum atomic E-state index is 6.15. The standard InChI is InChI=1S/C13H15N3/c1-10(11-6-3-2-4-7-11)12(14)13-15-8-5-9-16-13/h2-10,12H,14H2,1H3. The molecule has 1 heterocycles.